The number of aliphatic hydroxyl groups excluding tert-OH is 1. The fourth-order valence-electron chi connectivity index (χ4n) is 2.80. The molecule has 2 atom stereocenters. The largest absolute Gasteiger partial charge is 0.386 e. The highest BCUT2D eigenvalue weighted by molar-refractivity contribution is 7.19. The van der Waals surface area contributed by atoms with Crippen molar-refractivity contribution in [1.82, 2.24) is 15.3 Å². The topological polar surface area (TPSA) is 75.1 Å². The van der Waals surface area contributed by atoms with Gasteiger partial charge in [0.25, 0.3) is 5.91 Å². The normalized spacial score (nSPS) is 20.0. The average Bonchev–Trinajstić information content (AvgIpc) is 3.10. The number of rotatable bonds is 2. The quantitative estimate of drug-likeness (QED) is 0.760. The van der Waals surface area contributed by atoms with Crippen molar-refractivity contribution in [1.29, 1.82) is 0 Å². The molecule has 5 nitrogen and oxygen atoms in total. The van der Waals surface area contributed by atoms with E-state index in [0.29, 0.717) is 16.9 Å². The molecule has 110 valence electrons. The first-order valence-corrected chi connectivity index (χ1v) is 7.82. The molecule has 1 aliphatic rings. The van der Waals surface area contributed by atoms with Crippen LogP contribution >= 0.6 is 11.3 Å². The summed E-state index contributed by atoms with van der Waals surface area (Å²) < 4.78 is 0. The molecule has 1 amide bonds. The minimum absolute atomic E-state index is 0.264. The van der Waals surface area contributed by atoms with Crippen LogP contribution in [0.5, 0.6) is 0 Å². The lowest BCUT2D eigenvalue weighted by molar-refractivity contribution is 0.0858. The zero-order valence-corrected chi connectivity index (χ0v) is 12.4. The molecule has 2 heterocycles. The Bertz CT molecular complexity index is 828. The number of thiazole rings is 1. The Labute approximate surface area is 130 Å². The van der Waals surface area contributed by atoms with E-state index in [1.165, 1.54) is 11.3 Å². The maximum absolute atomic E-state index is 12.4. The summed E-state index contributed by atoms with van der Waals surface area (Å²) in [6, 6.07) is 11.0. The number of aromatic nitrogens is 2. The van der Waals surface area contributed by atoms with Gasteiger partial charge in [-0.15, -0.1) is 0 Å². The van der Waals surface area contributed by atoms with Crippen LogP contribution in [0.1, 0.15) is 27.0 Å². The van der Waals surface area contributed by atoms with Gasteiger partial charge in [0.15, 0.2) is 5.01 Å². The summed E-state index contributed by atoms with van der Waals surface area (Å²) in [5, 5.41) is 13.6. The van der Waals surface area contributed by atoms with Crippen LogP contribution in [0.3, 0.4) is 0 Å². The highest BCUT2D eigenvalue weighted by atomic mass is 32.1. The lowest BCUT2D eigenvalue weighted by Crippen LogP contribution is -2.37. The second kappa shape index (κ2) is 5.15. The Kier molecular flexibility index (Phi) is 3.13. The number of benzene rings is 1. The van der Waals surface area contributed by atoms with Crippen molar-refractivity contribution in [2.24, 2.45) is 0 Å². The molecule has 6 heteroatoms. The summed E-state index contributed by atoms with van der Waals surface area (Å²) in [7, 11) is 0. The van der Waals surface area contributed by atoms with Crippen molar-refractivity contribution in [2.45, 2.75) is 18.6 Å². The molecule has 22 heavy (non-hydrogen) atoms. The molecule has 0 saturated heterocycles. The fraction of sp³-hybridized carbons (Fsp3) is 0.188. The molecule has 3 aromatic rings. The Morgan fingerprint density at radius 1 is 1.27 bits per heavy atom. The van der Waals surface area contributed by atoms with E-state index in [1.54, 1.807) is 12.3 Å². The van der Waals surface area contributed by atoms with Gasteiger partial charge in [0.1, 0.15) is 10.3 Å². The van der Waals surface area contributed by atoms with Crippen LogP contribution in [0.4, 0.5) is 0 Å². The van der Waals surface area contributed by atoms with Crippen LogP contribution in [0, 0.1) is 0 Å². The van der Waals surface area contributed by atoms with Gasteiger partial charge in [-0.25, -0.2) is 9.97 Å². The third-order valence-electron chi connectivity index (χ3n) is 3.87. The molecule has 0 spiro atoms. The lowest BCUT2D eigenvalue weighted by atomic mass is 10.1. The van der Waals surface area contributed by atoms with E-state index in [9.17, 15) is 9.90 Å². The molecule has 2 N–H and O–H groups in total. The summed E-state index contributed by atoms with van der Waals surface area (Å²) >= 11 is 1.26. The number of amides is 1. The van der Waals surface area contributed by atoms with Crippen molar-refractivity contribution in [3.8, 4) is 0 Å². The Hall–Kier alpha value is -2.31. The van der Waals surface area contributed by atoms with Crippen LogP contribution < -0.4 is 5.32 Å². The van der Waals surface area contributed by atoms with Gasteiger partial charge in [-0.1, -0.05) is 35.6 Å². The molecule has 2 aromatic heterocycles. The van der Waals surface area contributed by atoms with Crippen LogP contribution in [-0.2, 0) is 6.42 Å². The summed E-state index contributed by atoms with van der Waals surface area (Å²) in [4.78, 5) is 21.6. The maximum Gasteiger partial charge on any atom is 0.280 e. The number of nitrogens with zero attached hydrogens (tertiary/aromatic N) is 2. The van der Waals surface area contributed by atoms with Crippen molar-refractivity contribution < 1.29 is 9.90 Å². The standard InChI is InChI=1S/C16H13N3O2S/c20-13-10-5-2-1-4-9(10)8-12(13)18-14(21)16-19-11-6-3-7-17-15(11)22-16/h1-7,12-13,20H,8H2,(H,18,21)/t12-,13+/m0/s1. The molecule has 0 fully saturated rings. The van der Waals surface area contributed by atoms with E-state index >= 15 is 0 Å². The predicted molar refractivity (Wildman–Crippen MR) is 83.8 cm³/mol. The number of pyridine rings is 1. The van der Waals surface area contributed by atoms with Gasteiger partial charge in [0.05, 0.1) is 12.1 Å². The van der Waals surface area contributed by atoms with Crippen molar-refractivity contribution in [2.75, 3.05) is 0 Å². The van der Waals surface area contributed by atoms with Gasteiger partial charge >= 0.3 is 0 Å². The molecule has 0 radical (unpaired) electrons. The van der Waals surface area contributed by atoms with Gasteiger partial charge in [0.2, 0.25) is 0 Å². The van der Waals surface area contributed by atoms with Gasteiger partial charge in [0, 0.05) is 6.20 Å². The van der Waals surface area contributed by atoms with E-state index in [4.69, 9.17) is 0 Å². The van der Waals surface area contributed by atoms with Gasteiger partial charge in [-0.2, -0.15) is 0 Å². The average molecular weight is 311 g/mol. The van der Waals surface area contributed by atoms with Gasteiger partial charge < -0.3 is 10.4 Å². The van der Waals surface area contributed by atoms with E-state index in [1.807, 2.05) is 30.3 Å². The first-order valence-electron chi connectivity index (χ1n) is 7.00. The lowest BCUT2D eigenvalue weighted by Gasteiger charge is -2.15. The number of aliphatic hydroxyl groups is 1. The Balaban J connectivity index is 1.55. The van der Waals surface area contributed by atoms with E-state index in [0.717, 1.165) is 16.0 Å². The molecule has 0 aliphatic heterocycles. The monoisotopic (exact) mass is 311 g/mol. The molecular weight excluding hydrogens is 298 g/mol. The predicted octanol–water partition coefficient (Wildman–Crippen LogP) is 2.08. The van der Waals surface area contributed by atoms with Crippen LogP contribution in [0.2, 0.25) is 0 Å². The molecule has 1 aromatic carbocycles. The van der Waals surface area contributed by atoms with Crippen LogP contribution in [0.25, 0.3) is 10.3 Å². The van der Waals surface area contributed by atoms with E-state index < -0.39 is 6.10 Å². The Morgan fingerprint density at radius 3 is 2.95 bits per heavy atom. The summed E-state index contributed by atoms with van der Waals surface area (Å²) in [5.74, 6) is -0.264. The molecule has 0 bridgehead atoms. The third-order valence-corrected chi connectivity index (χ3v) is 4.85. The summed E-state index contributed by atoms with van der Waals surface area (Å²) in [6.45, 7) is 0. The minimum atomic E-state index is -0.673. The van der Waals surface area contributed by atoms with E-state index in [-0.39, 0.29) is 11.9 Å². The fourth-order valence-corrected chi connectivity index (χ4v) is 3.61. The van der Waals surface area contributed by atoms with Crippen molar-refractivity contribution in [3.63, 3.8) is 0 Å². The number of hydrogen-bond acceptors (Lipinski definition) is 5. The molecular formula is C16H13N3O2S. The molecule has 1 aliphatic carbocycles. The molecule has 0 saturated carbocycles. The minimum Gasteiger partial charge on any atom is -0.386 e. The SMILES string of the molecule is O=C(N[C@H]1Cc2ccccc2[C@H]1O)c1nc2cccnc2s1. The number of fused-ring (bicyclic) bond motifs is 2. The number of hydrogen-bond donors (Lipinski definition) is 2. The van der Waals surface area contributed by atoms with Gasteiger partial charge in [-0.05, 0) is 29.7 Å². The molecule has 4 rings (SSSR count). The van der Waals surface area contributed by atoms with Crippen molar-refractivity contribution >= 4 is 27.6 Å². The van der Waals surface area contributed by atoms with Crippen LogP contribution in [0.15, 0.2) is 42.6 Å². The summed E-state index contributed by atoms with van der Waals surface area (Å²) in [6.07, 6.45) is 1.64. The van der Waals surface area contributed by atoms with Crippen molar-refractivity contribution in [3.05, 3.63) is 58.7 Å². The first-order chi connectivity index (χ1) is 10.7. The number of nitrogens with one attached hydrogen (secondary N) is 1. The second-order valence-electron chi connectivity index (χ2n) is 5.27. The smallest absolute Gasteiger partial charge is 0.280 e. The zero-order valence-electron chi connectivity index (χ0n) is 11.6. The summed E-state index contributed by atoms with van der Waals surface area (Å²) in [5.41, 5.74) is 2.68. The highest BCUT2D eigenvalue weighted by Crippen LogP contribution is 2.31. The highest BCUT2D eigenvalue weighted by Gasteiger charge is 2.32. The number of carbonyl (C=O) groups excluding carboxylic acids is 1. The zero-order chi connectivity index (χ0) is 15.1. The van der Waals surface area contributed by atoms with Crippen LogP contribution in [-0.4, -0.2) is 27.0 Å². The van der Waals surface area contributed by atoms with E-state index in [2.05, 4.69) is 15.3 Å². The molecule has 0 unspecified atom stereocenters. The first kappa shape index (κ1) is 13.4. The maximum atomic E-state index is 12.4. The van der Waals surface area contributed by atoms with Gasteiger partial charge in [-0.3, -0.25) is 4.79 Å². The third kappa shape index (κ3) is 2.17. The Morgan fingerprint density at radius 2 is 2.14 bits per heavy atom. The number of carbonyl (C=O) groups is 1. The second-order valence-corrected chi connectivity index (χ2v) is 6.25.